The summed E-state index contributed by atoms with van der Waals surface area (Å²) in [5.41, 5.74) is 10.2. The van der Waals surface area contributed by atoms with Crippen molar-refractivity contribution < 1.29 is 34.9 Å². The zero-order valence-electron chi connectivity index (χ0n) is 32.2. The first-order valence-corrected chi connectivity index (χ1v) is 17.7. The second-order valence-electron chi connectivity index (χ2n) is 13.0. The first kappa shape index (κ1) is 30.9. The molecule has 0 bridgehead atoms. The molecule has 0 unspecified atom stereocenters. The van der Waals surface area contributed by atoms with Gasteiger partial charge in [0.25, 0.3) is 0 Å². The van der Waals surface area contributed by atoms with E-state index in [2.05, 4.69) is 113 Å². The van der Waals surface area contributed by atoms with Crippen LogP contribution in [0.5, 0.6) is 11.5 Å². The quantitative estimate of drug-likeness (QED) is 0.118. The van der Waals surface area contributed by atoms with E-state index in [9.17, 15) is 0 Å². The van der Waals surface area contributed by atoms with E-state index in [-0.39, 0.29) is 21.1 Å². The molecular formula is C48H33N4O2Pt-. The molecule has 1 aliphatic heterocycles. The van der Waals surface area contributed by atoms with Crippen molar-refractivity contribution in [1.29, 1.82) is 0 Å². The molecule has 0 atom stereocenters. The Morgan fingerprint density at radius 2 is 1.27 bits per heavy atom. The molecular weight excluding hydrogens is 860 g/mol. The van der Waals surface area contributed by atoms with Crippen molar-refractivity contribution in [2.75, 3.05) is 17.1 Å². The number of hydrogen-bond donors (Lipinski definition) is 0. The van der Waals surface area contributed by atoms with Gasteiger partial charge >= 0.3 is 0 Å². The van der Waals surface area contributed by atoms with Gasteiger partial charge in [-0.05, 0) is 69.1 Å². The maximum absolute atomic E-state index is 8.03. The molecule has 6 nitrogen and oxygen atoms in total. The van der Waals surface area contributed by atoms with Crippen LogP contribution >= 0.6 is 0 Å². The Morgan fingerprint density at radius 1 is 0.600 bits per heavy atom. The Bertz CT molecular complexity index is 2880. The summed E-state index contributed by atoms with van der Waals surface area (Å²) >= 11 is 0. The molecule has 3 heterocycles. The van der Waals surface area contributed by atoms with Gasteiger partial charge in [0, 0.05) is 50.0 Å². The van der Waals surface area contributed by atoms with E-state index in [0.717, 1.165) is 66.1 Å². The molecule has 10 rings (SSSR count). The Morgan fingerprint density at radius 3 is 2.04 bits per heavy atom. The van der Waals surface area contributed by atoms with Gasteiger partial charge in [0.15, 0.2) is 0 Å². The molecule has 0 aliphatic carbocycles. The Hall–Kier alpha value is -6.46. The fourth-order valence-electron chi connectivity index (χ4n) is 7.37. The van der Waals surface area contributed by atoms with Gasteiger partial charge in [-0.15, -0.1) is 45.8 Å². The van der Waals surface area contributed by atoms with Crippen LogP contribution in [0.25, 0.3) is 61.0 Å². The average Bonchev–Trinajstić information content (AvgIpc) is 3.81. The molecule has 1 N–H and O–H groups in total. The number of aromatic nitrogens is 2. The van der Waals surface area contributed by atoms with Crippen LogP contribution in [-0.4, -0.2) is 21.5 Å². The number of para-hydroxylation sites is 3. The first-order chi connectivity index (χ1) is 27.9. The summed E-state index contributed by atoms with van der Waals surface area (Å²) in [5, 5.41) is 4.70. The number of nitrogens with zero attached hydrogens (tertiary/aromatic N) is 4. The summed E-state index contributed by atoms with van der Waals surface area (Å²) < 4.78 is 32.7. The van der Waals surface area contributed by atoms with Gasteiger partial charge in [0.2, 0.25) is 0 Å². The minimum Gasteiger partial charge on any atom is -0.509 e. The first-order valence-electron chi connectivity index (χ1n) is 19.2. The number of hydrogen-bond acceptors (Lipinski definition) is 4. The molecule has 0 spiro atoms. The van der Waals surface area contributed by atoms with Crippen LogP contribution in [0.1, 0.15) is 4.11 Å². The molecule has 268 valence electrons. The topological polar surface area (TPSA) is 46.3 Å². The monoisotopic (exact) mass is 895 g/mol. The minimum atomic E-state index is -2.45. The predicted molar refractivity (Wildman–Crippen MR) is 218 cm³/mol. The standard InChI is InChI=1S/C48H32N4O2.Pt/c1-50-44-24-10-11-25-45(44)52(54-50)36-18-12-19-37(31-36)53-38-26-27-42-41-20-8-9-23-43(41)51(46(42)32-38)47-30-35(28-29-49-47)48-39(33-14-4-2-5-15-33)21-13-22-40(48)34-16-6-3-7-17-34;/h2-30H,1H3;/q-2;/p+1/i1D3;. The summed E-state index contributed by atoms with van der Waals surface area (Å²) in [5.74, 6) is 1.66. The molecule has 0 radical (unpaired) electrons. The Kier molecular flexibility index (Phi) is 8.11. The van der Waals surface area contributed by atoms with Crippen molar-refractivity contribution in [2.24, 2.45) is 0 Å². The largest absolute Gasteiger partial charge is 0.509 e. The number of benzene rings is 7. The van der Waals surface area contributed by atoms with Gasteiger partial charge in [0.05, 0.1) is 11.1 Å². The van der Waals surface area contributed by atoms with E-state index in [1.165, 1.54) is 0 Å². The number of anilines is 3. The molecule has 7 heteroatoms. The summed E-state index contributed by atoms with van der Waals surface area (Å²) in [4.78, 5) is 9.39. The van der Waals surface area contributed by atoms with Crippen molar-refractivity contribution in [3.8, 4) is 50.7 Å². The summed E-state index contributed by atoms with van der Waals surface area (Å²) in [6.07, 6.45) is 1.87. The van der Waals surface area contributed by atoms with E-state index >= 15 is 0 Å². The number of ether oxygens (including phenoxy) is 1. The van der Waals surface area contributed by atoms with E-state index in [4.69, 9.17) is 13.8 Å². The van der Waals surface area contributed by atoms with Crippen LogP contribution < -0.4 is 14.9 Å². The SMILES string of the molecule is [2H]C([2H])([2H])N1[OH+]N(c2[c-]c(Oc3[c-]c4c(cc3)c3ccccc3n4-c3cc(-c4c(-c5ccccc5)cccc4-c4ccccc4)ccn3)ccc2)c2ccccc21.[Pt]. The molecule has 0 saturated heterocycles. The second-order valence-corrected chi connectivity index (χ2v) is 13.0. The molecule has 9 aromatic rings. The fraction of sp³-hybridized carbons (Fsp3) is 0.0208. The van der Waals surface area contributed by atoms with Crippen LogP contribution in [-0.2, 0) is 21.1 Å². The van der Waals surface area contributed by atoms with Gasteiger partial charge in [-0.3, -0.25) is 0 Å². The van der Waals surface area contributed by atoms with Crippen molar-refractivity contribution in [3.05, 3.63) is 188 Å². The van der Waals surface area contributed by atoms with Gasteiger partial charge < -0.3 is 9.30 Å². The van der Waals surface area contributed by atoms with Gasteiger partial charge in [0.1, 0.15) is 17.2 Å². The number of pyridine rings is 1. The number of rotatable bonds is 7. The zero-order chi connectivity index (χ0) is 38.5. The van der Waals surface area contributed by atoms with Crippen LogP contribution in [0.4, 0.5) is 17.1 Å². The summed E-state index contributed by atoms with van der Waals surface area (Å²) in [6.45, 7) is -2.45. The van der Waals surface area contributed by atoms with Gasteiger partial charge in [-0.1, -0.05) is 115 Å². The van der Waals surface area contributed by atoms with Crippen molar-refractivity contribution in [1.82, 2.24) is 9.55 Å². The summed E-state index contributed by atoms with van der Waals surface area (Å²) in [6, 6.07) is 63.4. The smallest absolute Gasteiger partial charge is 0.145 e. The van der Waals surface area contributed by atoms with E-state index < -0.39 is 6.98 Å². The number of hydroxylamine groups is 1. The van der Waals surface area contributed by atoms with Crippen molar-refractivity contribution in [2.45, 2.75) is 0 Å². The van der Waals surface area contributed by atoms with E-state index in [0.29, 0.717) is 28.6 Å². The number of fused-ring (bicyclic) bond motifs is 4. The Balaban J connectivity index is 0.00000436. The maximum atomic E-state index is 8.03. The second kappa shape index (κ2) is 14.4. The van der Waals surface area contributed by atoms with Crippen molar-refractivity contribution >= 4 is 38.9 Å². The van der Waals surface area contributed by atoms with Crippen LogP contribution in [0.3, 0.4) is 0 Å². The van der Waals surface area contributed by atoms with Crippen LogP contribution in [0.2, 0.25) is 0 Å². The fourth-order valence-corrected chi connectivity index (χ4v) is 7.37. The van der Waals surface area contributed by atoms with Crippen molar-refractivity contribution in [3.63, 3.8) is 0 Å². The minimum absolute atomic E-state index is 0. The van der Waals surface area contributed by atoms with Crippen LogP contribution in [0.15, 0.2) is 176 Å². The third-order valence-electron chi connectivity index (χ3n) is 9.77. The third kappa shape index (κ3) is 6.16. The zero-order valence-corrected chi connectivity index (χ0v) is 31.5. The molecule has 0 saturated carbocycles. The van der Waals surface area contributed by atoms with Gasteiger partial charge in [-0.25, -0.2) is 4.98 Å². The molecule has 1 aliphatic rings. The molecule has 7 aromatic carbocycles. The molecule has 0 amide bonds. The average molecular weight is 896 g/mol. The molecule has 55 heavy (non-hydrogen) atoms. The molecule has 2 aromatic heterocycles. The van der Waals surface area contributed by atoms with Crippen LogP contribution in [0, 0.1) is 12.1 Å². The van der Waals surface area contributed by atoms with E-state index in [1.807, 2.05) is 66.9 Å². The Labute approximate surface area is 337 Å². The van der Waals surface area contributed by atoms with E-state index in [1.54, 1.807) is 23.3 Å². The van der Waals surface area contributed by atoms with Gasteiger partial charge in [-0.2, -0.15) is 17.1 Å². The summed E-state index contributed by atoms with van der Waals surface area (Å²) in [7, 11) is 0. The normalized spacial score (nSPS) is 13.2. The maximum Gasteiger partial charge on any atom is 0.145 e. The molecule has 0 fully saturated rings. The third-order valence-corrected chi connectivity index (χ3v) is 9.77. The predicted octanol–water partition coefficient (Wildman–Crippen LogP) is 12.0.